The van der Waals surface area contributed by atoms with Crippen LogP contribution in [0.25, 0.3) is 0 Å². The maximum atomic E-state index is 3.10. The number of halogens is 4. The Morgan fingerprint density at radius 3 is 1.00 bits per heavy atom. The van der Waals surface area contributed by atoms with Crippen molar-refractivity contribution in [2.45, 2.75) is 2.65 Å². The van der Waals surface area contributed by atoms with Crippen molar-refractivity contribution in [3.05, 3.63) is 0 Å². The minimum absolute atomic E-state index is 0. The lowest BCUT2D eigenvalue weighted by molar-refractivity contribution is 2.28. The van der Waals surface area contributed by atoms with Crippen LogP contribution in [-0.2, 0) is 0 Å². The highest BCUT2D eigenvalue weighted by Crippen LogP contribution is 2.13. The normalized spacial score (nSPS) is 7.20. The van der Waals surface area contributed by atoms with Crippen molar-refractivity contribution in [3.8, 4) is 0 Å². The van der Waals surface area contributed by atoms with Gasteiger partial charge in [0.25, 0.3) is 0 Å². The van der Waals surface area contributed by atoms with Crippen molar-refractivity contribution in [1.82, 2.24) is 0 Å². The van der Waals surface area contributed by atoms with Crippen LogP contribution in [0.5, 0.6) is 0 Å². The molecular formula is CH2Br4. The molecule has 34 valence electrons. The van der Waals surface area contributed by atoms with Crippen LogP contribution in [0.4, 0.5) is 0 Å². The maximum absolute atomic E-state index is 3.10. The monoisotopic (exact) mass is 330 g/mol. The van der Waals surface area contributed by atoms with E-state index in [2.05, 4.69) is 47.8 Å². The van der Waals surface area contributed by atoms with Gasteiger partial charge in [0.2, 0.25) is 0 Å². The minimum Gasteiger partial charge on any atom is -0.114 e. The fourth-order valence-corrected chi connectivity index (χ4v) is 0. The van der Waals surface area contributed by atoms with Gasteiger partial charge in [0.05, 0.1) is 0 Å². The molecule has 0 aromatic carbocycles. The van der Waals surface area contributed by atoms with Crippen LogP contribution >= 0.6 is 64.8 Å². The summed E-state index contributed by atoms with van der Waals surface area (Å²) >= 11 is 9.31. The number of hydrogen-bond acceptors (Lipinski definition) is 0. The molecular weight excluding hydrogens is 332 g/mol. The summed E-state index contributed by atoms with van der Waals surface area (Å²) in [7, 11) is 0. The Labute approximate surface area is 66.9 Å². The SMILES string of the molecule is Br.BrC(Br)Br. The zero-order valence-electron chi connectivity index (χ0n) is 2.12. The molecule has 0 spiro atoms. The standard InChI is InChI=1S/CHBr3.BrH/c2-1(3)4;/h1H;1H. The summed E-state index contributed by atoms with van der Waals surface area (Å²) in [5.41, 5.74) is 0. The second-order valence-corrected chi connectivity index (χ2v) is 6.68. The van der Waals surface area contributed by atoms with Gasteiger partial charge in [-0.05, 0) is 0 Å². The highest BCUT2D eigenvalue weighted by atomic mass is 80.0. The van der Waals surface area contributed by atoms with Gasteiger partial charge in [-0.25, -0.2) is 0 Å². The molecule has 5 heavy (non-hydrogen) atoms. The highest BCUT2D eigenvalue weighted by Gasteiger charge is 1.77. The van der Waals surface area contributed by atoms with E-state index in [-0.39, 0.29) is 19.6 Å². The fraction of sp³-hybridized carbons (Fsp3) is 1.00. The third kappa shape index (κ3) is 24.7. The quantitative estimate of drug-likeness (QED) is 0.598. The molecule has 0 nitrogen and oxygen atoms in total. The predicted molar refractivity (Wildman–Crippen MR) is 40.9 cm³/mol. The van der Waals surface area contributed by atoms with Crippen LogP contribution in [0.15, 0.2) is 0 Å². The van der Waals surface area contributed by atoms with E-state index in [1.165, 1.54) is 0 Å². The minimum atomic E-state index is 0. The summed E-state index contributed by atoms with van der Waals surface area (Å²) in [5, 5.41) is 0. The van der Waals surface area contributed by atoms with Crippen LogP contribution in [0, 0.1) is 0 Å². The largest absolute Gasteiger partial charge is 0.124 e. The highest BCUT2D eigenvalue weighted by molar-refractivity contribution is 9.38. The zero-order valence-corrected chi connectivity index (χ0v) is 8.59. The van der Waals surface area contributed by atoms with Crippen molar-refractivity contribution < 1.29 is 0 Å². The second-order valence-electron chi connectivity index (χ2n) is 0.247. The molecule has 0 aliphatic rings. The zero-order chi connectivity index (χ0) is 3.58. The van der Waals surface area contributed by atoms with Gasteiger partial charge < -0.3 is 0 Å². The third-order valence-corrected chi connectivity index (χ3v) is 0. The summed E-state index contributed by atoms with van der Waals surface area (Å²) in [4.78, 5) is 0. The molecule has 0 amide bonds. The smallest absolute Gasteiger partial charge is 0.114 e. The summed E-state index contributed by atoms with van der Waals surface area (Å²) in [6.45, 7) is 0. The Morgan fingerprint density at radius 2 is 1.00 bits per heavy atom. The van der Waals surface area contributed by atoms with E-state index in [0.717, 1.165) is 0 Å². The van der Waals surface area contributed by atoms with Gasteiger partial charge in [-0.2, -0.15) is 0 Å². The topological polar surface area (TPSA) is 0 Å². The Balaban J connectivity index is 0. The van der Waals surface area contributed by atoms with Crippen molar-refractivity contribution in [3.63, 3.8) is 0 Å². The lowest BCUT2D eigenvalue weighted by atomic mass is 12.0. The molecule has 0 saturated carbocycles. The molecule has 0 aliphatic heterocycles. The number of rotatable bonds is 0. The first kappa shape index (κ1) is 10.0. The average Bonchev–Trinajstić information content (AvgIpc) is 0.811. The molecule has 0 aromatic rings. The Morgan fingerprint density at radius 1 is 1.00 bits per heavy atom. The molecule has 0 aromatic heterocycles. The maximum Gasteiger partial charge on any atom is 0.124 e. The van der Waals surface area contributed by atoms with Gasteiger partial charge in [0, 0.05) is 0 Å². The van der Waals surface area contributed by atoms with E-state index in [1.807, 2.05) is 0 Å². The summed E-state index contributed by atoms with van der Waals surface area (Å²) in [6.07, 6.45) is 0. The summed E-state index contributed by atoms with van der Waals surface area (Å²) in [5.74, 6) is 0. The van der Waals surface area contributed by atoms with Crippen molar-refractivity contribution in [2.75, 3.05) is 0 Å². The van der Waals surface area contributed by atoms with Crippen molar-refractivity contribution in [1.29, 1.82) is 0 Å². The van der Waals surface area contributed by atoms with Gasteiger partial charge in [-0.3, -0.25) is 0 Å². The third-order valence-electron chi connectivity index (χ3n) is 0. The van der Waals surface area contributed by atoms with Gasteiger partial charge in [-0.1, -0.05) is 47.8 Å². The van der Waals surface area contributed by atoms with Gasteiger partial charge in [0.1, 0.15) is 2.65 Å². The van der Waals surface area contributed by atoms with E-state index >= 15 is 0 Å². The molecule has 0 saturated heterocycles. The molecule has 0 N–H and O–H groups in total. The first-order valence-corrected chi connectivity index (χ1v) is 3.40. The van der Waals surface area contributed by atoms with E-state index in [4.69, 9.17) is 0 Å². The second kappa shape index (κ2) is 5.92. The first-order chi connectivity index (χ1) is 1.73. The predicted octanol–water partition coefficient (Wildman–Crippen LogP) is 3.03. The van der Waals surface area contributed by atoms with Crippen molar-refractivity contribution >= 4 is 64.8 Å². The van der Waals surface area contributed by atoms with Crippen LogP contribution in [-0.4, -0.2) is 2.65 Å². The Hall–Kier alpha value is 1.92. The fourth-order valence-electron chi connectivity index (χ4n) is 0. The number of hydrogen-bond donors (Lipinski definition) is 0. The van der Waals surface area contributed by atoms with E-state index in [0.29, 0.717) is 0 Å². The molecule has 0 atom stereocenters. The molecule has 0 rings (SSSR count). The molecule has 0 aliphatic carbocycles. The Kier molecular flexibility index (Phi) is 11.9. The van der Waals surface area contributed by atoms with E-state index in [9.17, 15) is 0 Å². The molecule has 4 heteroatoms. The lowest BCUT2D eigenvalue weighted by Crippen LogP contribution is -1.49. The van der Waals surface area contributed by atoms with Crippen LogP contribution in [0.1, 0.15) is 0 Å². The molecule has 0 heterocycles. The Bertz CT molecular complexity index is 8.36. The lowest BCUT2D eigenvalue weighted by Gasteiger charge is -1.70. The first-order valence-electron chi connectivity index (χ1n) is 0.655. The average molecular weight is 334 g/mol. The van der Waals surface area contributed by atoms with E-state index < -0.39 is 0 Å². The summed E-state index contributed by atoms with van der Waals surface area (Å²) in [6, 6.07) is 0. The molecule has 0 radical (unpaired) electrons. The van der Waals surface area contributed by atoms with Gasteiger partial charge in [-0.15, -0.1) is 17.0 Å². The van der Waals surface area contributed by atoms with Gasteiger partial charge in [0.15, 0.2) is 0 Å². The summed E-state index contributed by atoms with van der Waals surface area (Å²) < 4.78 is 0.271. The van der Waals surface area contributed by atoms with E-state index in [1.54, 1.807) is 0 Å². The molecule has 0 bridgehead atoms. The van der Waals surface area contributed by atoms with Crippen LogP contribution < -0.4 is 0 Å². The van der Waals surface area contributed by atoms with Gasteiger partial charge >= 0.3 is 0 Å². The number of alkyl halides is 3. The van der Waals surface area contributed by atoms with Crippen LogP contribution in [0.2, 0.25) is 0 Å². The van der Waals surface area contributed by atoms with Crippen molar-refractivity contribution in [2.24, 2.45) is 0 Å². The molecule has 0 unspecified atom stereocenters. The molecule has 0 fully saturated rings. The van der Waals surface area contributed by atoms with Crippen LogP contribution in [0.3, 0.4) is 0 Å².